The second kappa shape index (κ2) is 9.09. The summed E-state index contributed by atoms with van der Waals surface area (Å²) in [7, 11) is 0. The third-order valence-corrected chi connectivity index (χ3v) is 5.95. The monoisotopic (exact) mass is 505 g/mol. The summed E-state index contributed by atoms with van der Waals surface area (Å²) in [5, 5.41) is 0.863. The highest BCUT2D eigenvalue weighted by atomic mass is 35.5. The zero-order chi connectivity index (χ0) is 24.7. The molecule has 0 aliphatic carbocycles. The van der Waals surface area contributed by atoms with E-state index >= 15 is 0 Å². The molecule has 0 saturated heterocycles. The number of nitrogens with zero attached hydrogens (tertiary/aromatic N) is 9. The van der Waals surface area contributed by atoms with E-state index in [4.69, 9.17) is 33.2 Å². The number of halogens is 2. The van der Waals surface area contributed by atoms with E-state index in [-0.39, 0.29) is 0 Å². The highest BCUT2D eigenvalue weighted by Crippen LogP contribution is 2.41. The van der Waals surface area contributed by atoms with E-state index in [1.54, 1.807) is 47.9 Å². The van der Waals surface area contributed by atoms with E-state index in [0.29, 0.717) is 39.0 Å². The van der Waals surface area contributed by atoms with Crippen molar-refractivity contribution >= 4 is 40.5 Å². The Morgan fingerprint density at radius 3 is 1.51 bits per heavy atom. The molecule has 0 amide bonds. The van der Waals surface area contributed by atoms with Gasteiger partial charge in [0.05, 0.1) is 51.9 Å². The predicted octanol–water partition coefficient (Wildman–Crippen LogP) is 5.65. The number of imidazole rings is 2. The molecule has 0 bridgehead atoms. The van der Waals surface area contributed by atoms with Crippen LogP contribution >= 0.6 is 23.2 Å². The van der Waals surface area contributed by atoms with Crippen LogP contribution in [0.25, 0.3) is 11.6 Å². The lowest BCUT2D eigenvalue weighted by Gasteiger charge is -2.25. The molecule has 11 heteroatoms. The van der Waals surface area contributed by atoms with Crippen molar-refractivity contribution < 1.29 is 0 Å². The molecule has 4 heterocycles. The van der Waals surface area contributed by atoms with Gasteiger partial charge in [-0.15, -0.1) is 0 Å². The van der Waals surface area contributed by atoms with Gasteiger partial charge in [-0.05, 0) is 39.8 Å². The smallest absolute Gasteiger partial charge is 0.159 e. The first-order chi connectivity index (χ1) is 16.8. The first kappa shape index (κ1) is 22.9. The fraction of sp³-hybridized carbons (Fsp3) is 0.167. The Morgan fingerprint density at radius 2 is 1.11 bits per heavy atom. The van der Waals surface area contributed by atoms with E-state index in [1.807, 2.05) is 49.2 Å². The molecule has 0 spiro atoms. The Labute approximate surface area is 212 Å². The highest BCUT2D eigenvalue weighted by molar-refractivity contribution is 6.39. The van der Waals surface area contributed by atoms with E-state index in [1.165, 1.54) is 0 Å². The van der Waals surface area contributed by atoms with Gasteiger partial charge in [0.1, 0.15) is 11.6 Å². The summed E-state index contributed by atoms with van der Waals surface area (Å²) in [6.07, 6.45) is 10.4. The van der Waals surface area contributed by atoms with Crippen LogP contribution in [-0.4, -0.2) is 39.0 Å². The van der Waals surface area contributed by atoms with Crippen molar-refractivity contribution in [1.82, 2.24) is 39.0 Å². The highest BCUT2D eigenvalue weighted by Gasteiger charge is 2.23. The molecule has 0 saturated carbocycles. The number of anilines is 3. The minimum absolute atomic E-state index is 0.432. The van der Waals surface area contributed by atoms with Gasteiger partial charge in [0.25, 0.3) is 0 Å². The Morgan fingerprint density at radius 1 is 0.657 bits per heavy atom. The van der Waals surface area contributed by atoms with Crippen molar-refractivity contribution in [1.29, 1.82) is 0 Å². The van der Waals surface area contributed by atoms with Crippen molar-refractivity contribution in [3.8, 4) is 11.6 Å². The molecule has 0 N–H and O–H groups in total. The molecule has 0 radical (unpaired) electrons. The third-order valence-electron chi connectivity index (χ3n) is 5.34. The molecule has 0 fully saturated rings. The number of para-hydroxylation sites is 1. The number of aryl methyl sites for hydroxylation is 4. The largest absolute Gasteiger partial charge is 0.287 e. The van der Waals surface area contributed by atoms with Gasteiger partial charge < -0.3 is 0 Å². The van der Waals surface area contributed by atoms with Crippen LogP contribution in [0.15, 0.2) is 55.4 Å². The Balaban J connectivity index is 1.71. The summed E-state index contributed by atoms with van der Waals surface area (Å²) in [6.45, 7) is 7.68. The summed E-state index contributed by atoms with van der Waals surface area (Å²) >= 11 is 13.3. The molecular formula is C24H21Cl2N9. The molecule has 0 aliphatic heterocycles. The molecule has 4 aromatic heterocycles. The Bertz CT molecular complexity index is 1430. The Kier molecular flexibility index (Phi) is 5.96. The molecule has 9 nitrogen and oxygen atoms in total. The first-order valence-electron chi connectivity index (χ1n) is 10.8. The molecule has 1 aromatic carbocycles. The van der Waals surface area contributed by atoms with Gasteiger partial charge in [-0.1, -0.05) is 29.3 Å². The molecule has 0 unspecified atom stereocenters. The second-order valence-electron chi connectivity index (χ2n) is 7.98. The average Bonchev–Trinajstić information content (AvgIpc) is 3.35. The van der Waals surface area contributed by atoms with E-state index in [2.05, 4.69) is 19.9 Å². The van der Waals surface area contributed by atoms with Crippen molar-refractivity contribution in [3.05, 3.63) is 88.5 Å². The topological polar surface area (TPSA) is 90.4 Å². The lowest BCUT2D eigenvalue weighted by molar-refractivity contribution is 0.901. The summed E-state index contributed by atoms with van der Waals surface area (Å²) in [5.41, 5.74) is 2.28. The van der Waals surface area contributed by atoms with Gasteiger partial charge in [-0.25, -0.2) is 19.9 Å². The summed E-state index contributed by atoms with van der Waals surface area (Å²) in [6, 6.07) is 5.31. The standard InChI is InChI=1S/C24H21Cl2N9/c1-14-12-33(16(3)29-14)20-8-27-10-22(31-20)35(24-18(25)6-5-7-19(24)26)23-11-28-9-21(32-23)34-13-15(2)30-17(34)4/h5-13H,1-4H3. The first-order valence-corrected chi connectivity index (χ1v) is 11.5. The quantitative estimate of drug-likeness (QED) is 0.304. The lowest BCUT2D eigenvalue weighted by atomic mass is 10.2. The predicted molar refractivity (Wildman–Crippen MR) is 136 cm³/mol. The van der Waals surface area contributed by atoms with Gasteiger partial charge in [0.15, 0.2) is 23.3 Å². The van der Waals surface area contributed by atoms with Gasteiger partial charge >= 0.3 is 0 Å². The SMILES string of the molecule is Cc1cn(-c2cncc(N(c3cncc(-n4cc(C)nc4C)n3)c3c(Cl)cccc3Cl)n2)c(C)n1. The Hall–Kier alpha value is -3.82. The lowest BCUT2D eigenvalue weighted by Crippen LogP contribution is -2.17. The maximum atomic E-state index is 6.64. The van der Waals surface area contributed by atoms with Crippen LogP contribution < -0.4 is 4.90 Å². The maximum Gasteiger partial charge on any atom is 0.159 e. The van der Waals surface area contributed by atoms with Gasteiger partial charge in [-0.2, -0.15) is 0 Å². The number of aromatic nitrogens is 8. The average molecular weight is 506 g/mol. The van der Waals surface area contributed by atoms with Gasteiger partial charge in [0, 0.05) is 12.4 Å². The minimum Gasteiger partial charge on any atom is -0.287 e. The maximum absolute atomic E-state index is 6.64. The van der Waals surface area contributed by atoms with Crippen molar-refractivity contribution in [2.45, 2.75) is 27.7 Å². The fourth-order valence-corrected chi connectivity index (χ4v) is 4.45. The van der Waals surface area contributed by atoms with Crippen LogP contribution in [0.3, 0.4) is 0 Å². The summed E-state index contributed by atoms with van der Waals surface area (Å²) in [5.74, 6) is 3.72. The minimum atomic E-state index is 0.432. The van der Waals surface area contributed by atoms with Crippen molar-refractivity contribution in [2.24, 2.45) is 0 Å². The van der Waals surface area contributed by atoms with Crippen LogP contribution in [0.2, 0.25) is 10.0 Å². The summed E-state index contributed by atoms with van der Waals surface area (Å²) in [4.78, 5) is 29.3. The number of benzene rings is 1. The van der Waals surface area contributed by atoms with Crippen molar-refractivity contribution in [3.63, 3.8) is 0 Å². The van der Waals surface area contributed by atoms with E-state index in [9.17, 15) is 0 Å². The number of hydrogen-bond acceptors (Lipinski definition) is 7. The van der Waals surface area contributed by atoms with Crippen molar-refractivity contribution in [2.75, 3.05) is 4.90 Å². The molecule has 176 valence electrons. The third kappa shape index (κ3) is 4.36. The molecule has 0 atom stereocenters. The molecule has 5 rings (SSSR count). The van der Waals surface area contributed by atoms with Crippen LogP contribution in [0.5, 0.6) is 0 Å². The fourth-order valence-electron chi connectivity index (χ4n) is 3.89. The van der Waals surface area contributed by atoms with Gasteiger partial charge in [0.2, 0.25) is 0 Å². The molecule has 35 heavy (non-hydrogen) atoms. The van der Waals surface area contributed by atoms with Crippen LogP contribution in [0, 0.1) is 27.7 Å². The molecule has 0 aliphatic rings. The number of hydrogen-bond donors (Lipinski definition) is 0. The number of rotatable bonds is 5. The van der Waals surface area contributed by atoms with Gasteiger partial charge in [-0.3, -0.25) is 24.0 Å². The van der Waals surface area contributed by atoms with Crippen LogP contribution in [0.1, 0.15) is 23.0 Å². The van der Waals surface area contributed by atoms with Crippen LogP contribution in [-0.2, 0) is 0 Å². The summed E-state index contributed by atoms with van der Waals surface area (Å²) < 4.78 is 3.75. The van der Waals surface area contributed by atoms with E-state index < -0.39 is 0 Å². The zero-order valence-corrected chi connectivity index (χ0v) is 21.0. The molecular weight excluding hydrogens is 485 g/mol. The van der Waals surface area contributed by atoms with Crippen LogP contribution in [0.4, 0.5) is 17.3 Å². The molecule has 5 aromatic rings. The second-order valence-corrected chi connectivity index (χ2v) is 8.79. The normalized spacial score (nSPS) is 11.1. The zero-order valence-electron chi connectivity index (χ0n) is 19.5. The van der Waals surface area contributed by atoms with E-state index in [0.717, 1.165) is 23.0 Å².